The maximum Gasteiger partial charge on any atom is 0.336 e. The van der Waals surface area contributed by atoms with Crippen molar-refractivity contribution >= 4 is 22.9 Å². The average molecular weight is 426 g/mol. The van der Waals surface area contributed by atoms with E-state index >= 15 is 0 Å². The molecule has 0 radical (unpaired) electrons. The molecule has 0 fully saturated rings. The largest absolute Gasteiger partial charge is 0.483 e. The fourth-order valence-corrected chi connectivity index (χ4v) is 3.41. The Hall–Kier alpha value is -3.35. The van der Waals surface area contributed by atoms with Crippen LogP contribution in [0.4, 0.5) is 0 Å². The van der Waals surface area contributed by atoms with Crippen LogP contribution in [0.2, 0.25) is 0 Å². The third-order valence-electron chi connectivity index (χ3n) is 4.69. The maximum absolute atomic E-state index is 12.5. The number of carbonyl (C=O) groups excluding carboxylic acids is 2. The highest BCUT2D eigenvalue weighted by molar-refractivity contribution is 5.85. The van der Waals surface area contributed by atoms with Gasteiger partial charge in [0.2, 0.25) is 0 Å². The van der Waals surface area contributed by atoms with Gasteiger partial charge in [0.15, 0.2) is 12.2 Å². The number of esters is 2. The standard InChI is InChI=1S/C24H26O7/c1-13(2)9-20(26)29-22-16-11-15-7-8-19(25)28-17(15)12-18(16)31-24(5,6)23(22)30-21(27)10-14(3)4/h7-12,22-23H,1-6H3/t22-,23+/m1/s1. The van der Waals surface area contributed by atoms with Crippen LogP contribution in [0.1, 0.15) is 53.2 Å². The summed E-state index contributed by atoms with van der Waals surface area (Å²) in [4.78, 5) is 36.5. The Morgan fingerprint density at radius 1 is 0.968 bits per heavy atom. The van der Waals surface area contributed by atoms with E-state index in [9.17, 15) is 14.4 Å². The molecule has 0 unspecified atom stereocenters. The van der Waals surface area contributed by atoms with Crippen molar-refractivity contribution in [1.29, 1.82) is 0 Å². The highest BCUT2D eigenvalue weighted by atomic mass is 16.6. The lowest BCUT2D eigenvalue weighted by molar-refractivity contribution is -0.184. The van der Waals surface area contributed by atoms with E-state index < -0.39 is 35.4 Å². The predicted molar refractivity (Wildman–Crippen MR) is 115 cm³/mol. The van der Waals surface area contributed by atoms with Crippen molar-refractivity contribution in [2.24, 2.45) is 0 Å². The van der Waals surface area contributed by atoms with E-state index in [4.69, 9.17) is 18.6 Å². The second kappa shape index (κ2) is 8.41. The highest BCUT2D eigenvalue weighted by Gasteiger charge is 2.48. The van der Waals surface area contributed by atoms with Gasteiger partial charge in [0.05, 0.1) is 0 Å². The van der Waals surface area contributed by atoms with Gasteiger partial charge in [-0.15, -0.1) is 0 Å². The van der Waals surface area contributed by atoms with Crippen molar-refractivity contribution in [3.8, 4) is 5.75 Å². The minimum absolute atomic E-state index is 0.344. The fraction of sp³-hybridized carbons (Fsp3) is 0.375. The van der Waals surface area contributed by atoms with Crippen LogP contribution in [0.25, 0.3) is 11.0 Å². The van der Waals surface area contributed by atoms with Crippen LogP contribution in [-0.2, 0) is 19.1 Å². The molecule has 1 aromatic heterocycles. The molecule has 0 spiro atoms. The smallest absolute Gasteiger partial charge is 0.336 e. The van der Waals surface area contributed by atoms with Gasteiger partial charge in [0.25, 0.3) is 0 Å². The number of allylic oxidation sites excluding steroid dienone is 2. The Balaban J connectivity index is 2.14. The second-order valence-electron chi connectivity index (χ2n) is 8.55. The molecule has 0 saturated carbocycles. The van der Waals surface area contributed by atoms with Crippen LogP contribution >= 0.6 is 0 Å². The van der Waals surface area contributed by atoms with Gasteiger partial charge in [-0.3, -0.25) is 0 Å². The van der Waals surface area contributed by atoms with Crippen molar-refractivity contribution in [2.75, 3.05) is 0 Å². The van der Waals surface area contributed by atoms with Gasteiger partial charge in [-0.05, 0) is 53.7 Å². The zero-order valence-electron chi connectivity index (χ0n) is 18.5. The summed E-state index contributed by atoms with van der Waals surface area (Å²) in [6.45, 7) is 10.6. The number of ether oxygens (including phenoxy) is 3. The first-order valence-corrected chi connectivity index (χ1v) is 9.94. The molecule has 31 heavy (non-hydrogen) atoms. The number of rotatable bonds is 4. The third kappa shape index (κ3) is 5.05. The van der Waals surface area contributed by atoms with E-state index in [0.717, 1.165) is 11.1 Å². The van der Waals surface area contributed by atoms with Gasteiger partial charge in [0.1, 0.15) is 16.9 Å². The lowest BCUT2D eigenvalue weighted by Gasteiger charge is -2.43. The highest BCUT2D eigenvalue weighted by Crippen LogP contribution is 2.45. The first-order valence-electron chi connectivity index (χ1n) is 9.94. The molecule has 2 heterocycles. The zero-order chi connectivity index (χ0) is 22.9. The minimum Gasteiger partial charge on any atom is -0.483 e. The molecule has 0 amide bonds. The molecule has 7 heteroatoms. The predicted octanol–water partition coefficient (Wildman–Crippen LogP) is 4.39. The minimum atomic E-state index is -1.03. The lowest BCUT2D eigenvalue weighted by atomic mass is 9.87. The molecule has 2 atom stereocenters. The summed E-state index contributed by atoms with van der Waals surface area (Å²) in [5.41, 5.74) is 0.899. The van der Waals surface area contributed by atoms with Crippen molar-refractivity contribution in [3.63, 3.8) is 0 Å². The van der Waals surface area contributed by atoms with E-state index in [2.05, 4.69) is 0 Å². The quantitative estimate of drug-likeness (QED) is 0.407. The van der Waals surface area contributed by atoms with E-state index in [-0.39, 0.29) is 0 Å². The molecule has 0 N–H and O–H groups in total. The van der Waals surface area contributed by atoms with Crippen LogP contribution < -0.4 is 10.4 Å². The molecular formula is C24H26O7. The number of fused-ring (bicyclic) bond motifs is 2. The van der Waals surface area contributed by atoms with Gasteiger partial charge in [-0.1, -0.05) is 11.1 Å². The molecule has 0 aliphatic carbocycles. The van der Waals surface area contributed by atoms with Crippen LogP contribution in [0, 0.1) is 0 Å². The summed E-state index contributed by atoms with van der Waals surface area (Å²) < 4.78 is 22.8. The number of benzene rings is 1. The zero-order valence-corrected chi connectivity index (χ0v) is 18.5. The summed E-state index contributed by atoms with van der Waals surface area (Å²) in [7, 11) is 0. The van der Waals surface area contributed by atoms with Crippen LogP contribution in [0.3, 0.4) is 0 Å². The van der Waals surface area contributed by atoms with Gasteiger partial charge in [0, 0.05) is 35.2 Å². The van der Waals surface area contributed by atoms with E-state index in [1.165, 1.54) is 18.2 Å². The molecule has 164 valence electrons. The monoisotopic (exact) mass is 426 g/mol. The van der Waals surface area contributed by atoms with Crippen molar-refractivity contribution < 1.29 is 28.2 Å². The maximum atomic E-state index is 12.5. The first-order chi connectivity index (χ1) is 14.5. The van der Waals surface area contributed by atoms with Crippen LogP contribution in [-0.4, -0.2) is 23.6 Å². The molecule has 0 saturated heterocycles. The molecule has 1 aliphatic heterocycles. The average Bonchev–Trinajstić information content (AvgIpc) is 2.61. The van der Waals surface area contributed by atoms with E-state index in [0.29, 0.717) is 22.3 Å². The number of hydrogen-bond donors (Lipinski definition) is 0. The third-order valence-corrected chi connectivity index (χ3v) is 4.69. The molecule has 2 aromatic rings. The Labute approximate surface area is 180 Å². The van der Waals surface area contributed by atoms with E-state index in [1.807, 2.05) is 0 Å². The van der Waals surface area contributed by atoms with Gasteiger partial charge in [-0.25, -0.2) is 14.4 Å². The summed E-state index contributed by atoms with van der Waals surface area (Å²) in [6, 6.07) is 6.22. The molecular weight excluding hydrogens is 400 g/mol. The Morgan fingerprint density at radius 3 is 2.19 bits per heavy atom. The van der Waals surface area contributed by atoms with Gasteiger partial charge < -0.3 is 18.6 Å². The topological polar surface area (TPSA) is 92.0 Å². The Morgan fingerprint density at radius 2 is 1.58 bits per heavy atom. The van der Waals surface area contributed by atoms with Crippen LogP contribution in [0.5, 0.6) is 5.75 Å². The van der Waals surface area contributed by atoms with Gasteiger partial charge >= 0.3 is 17.6 Å². The molecule has 7 nitrogen and oxygen atoms in total. The molecule has 1 aromatic carbocycles. The van der Waals surface area contributed by atoms with Crippen molar-refractivity contribution in [2.45, 2.75) is 59.4 Å². The van der Waals surface area contributed by atoms with E-state index in [1.54, 1.807) is 59.7 Å². The normalized spacial score (nSPS) is 18.9. The van der Waals surface area contributed by atoms with Crippen molar-refractivity contribution in [3.05, 3.63) is 63.5 Å². The summed E-state index contributed by atoms with van der Waals surface area (Å²) in [6.07, 6.45) is 0.908. The first kappa shape index (κ1) is 22.3. The summed E-state index contributed by atoms with van der Waals surface area (Å²) >= 11 is 0. The number of carbonyl (C=O) groups is 2. The summed E-state index contributed by atoms with van der Waals surface area (Å²) in [5, 5.41) is 0.624. The second-order valence-corrected chi connectivity index (χ2v) is 8.55. The fourth-order valence-electron chi connectivity index (χ4n) is 3.41. The van der Waals surface area contributed by atoms with Crippen LogP contribution in [0.15, 0.2) is 56.8 Å². The molecule has 1 aliphatic rings. The number of hydrogen-bond acceptors (Lipinski definition) is 7. The lowest BCUT2D eigenvalue weighted by Crippen LogP contribution is -2.52. The molecule has 3 rings (SSSR count). The summed E-state index contributed by atoms with van der Waals surface area (Å²) in [5.74, 6) is -0.729. The molecule has 0 bridgehead atoms. The van der Waals surface area contributed by atoms with Crippen molar-refractivity contribution in [1.82, 2.24) is 0 Å². The Bertz CT molecular complexity index is 1140. The van der Waals surface area contributed by atoms with Gasteiger partial charge in [-0.2, -0.15) is 0 Å². The Kier molecular flexibility index (Phi) is 6.06. The SMILES string of the molecule is CC(C)=CC(=O)O[C@@H]1c2cc3ccc(=O)oc3cc2OC(C)(C)[C@H]1OC(=O)C=C(C)C.